The molecule has 2 N–H and O–H groups in total. The van der Waals surface area contributed by atoms with Crippen molar-refractivity contribution in [1.29, 1.82) is 0 Å². The lowest BCUT2D eigenvalue weighted by Crippen LogP contribution is -2.07. The predicted molar refractivity (Wildman–Crippen MR) is 86.4 cm³/mol. The van der Waals surface area contributed by atoms with Crippen LogP contribution in [0.5, 0.6) is 0 Å². The van der Waals surface area contributed by atoms with Crippen molar-refractivity contribution in [3.63, 3.8) is 0 Å². The summed E-state index contributed by atoms with van der Waals surface area (Å²) in [5.41, 5.74) is 7.19. The van der Waals surface area contributed by atoms with Crippen LogP contribution in [0.3, 0.4) is 0 Å². The lowest BCUT2D eigenvalue weighted by Gasteiger charge is -2.24. The third kappa shape index (κ3) is 1.65. The number of hydrogen-bond acceptors (Lipinski definition) is 2. The average molecular weight is 260 g/mol. The molecule has 0 saturated heterocycles. The zero-order valence-corrected chi connectivity index (χ0v) is 11.6. The van der Waals surface area contributed by atoms with Gasteiger partial charge in [-0.15, -0.1) is 0 Å². The molecule has 0 bridgehead atoms. The van der Waals surface area contributed by atoms with Gasteiger partial charge in [-0.25, -0.2) is 0 Å². The molecule has 1 heterocycles. The van der Waals surface area contributed by atoms with Crippen molar-refractivity contribution >= 4 is 33.5 Å². The second-order valence-corrected chi connectivity index (χ2v) is 5.48. The third-order valence-electron chi connectivity index (χ3n) is 4.06. The predicted octanol–water partition coefficient (Wildman–Crippen LogP) is 5.26. The van der Waals surface area contributed by atoms with Crippen molar-refractivity contribution in [3.8, 4) is 0 Å². The highest BCUT2D eigenvalue weighted by Crippen LogP contribution is 2.41. The van der Waals surface area contributed by atoms with Gasteiger partial charge in [0.15, 0.2) is 0 Å². The van der Waals surface area contributed by atoms with Crippen molar-refractivity contribution in [2.24, 2.45) is 0 Å². The molecule has 0 radical (unpaired) electrons. The van der Waals surface area contributed by atoms with E-state index in [-0.39, 0.29) is 0 Å². The van der Waals surface area contributed by atoms with E-state index in [9.17, 15) is 0 Å². The van der Waals surface area contributed by atoms with Gasteiger partial charge in [-0.3, -0.25) is 0 Å². The molecule has 0 atom stereocenters. The van der Waals surface area contributed by atoms with Crippen LogP contribution in [-0.4, -0.2) is 0 Å². The minimum atomic E-state index is 1.14. The molecule has 0 spiro atoms. The van der Waals surface area contributed by atoms with Gasteiger partial charge < -0.3 is 10.6 Å². The minimum absolute atomic E-state index is 1.14. The maximum atomic E-state index is 3.54. The molecular weight excluding hydrogens is 244 g/mol. The van der Waals surface area contributed by atoms with Crippen LogP contribution in [0.4, 0.5) is 22.7 Å². The van der Waals surface area contributed by atoms with E-state index < -0.39 is 0 Å². The molecule has 98 valence electrons. The molecule has 0 fully saturated rings. The van der Waals surface area contributed by atoms with Crippen LogP contribution in [0.25, 0.3) is 10.8 Å². The van der Waals surface area contributed by atoms with Crippen LogP contribution in [0.2, 0.25) is 0 Å². The summed E-state index contributed by atoms with van der Waals surface area (Å²) in [5.74, 6) is 0. The Kier molecular flexibility index (Phi) is 2.27. The zero-order chi connectivity index (χ0) is 13.7. The highest BCUT2D eigenvalue weighted by atomic mass is 15.0. The first kappa shape index (κ1) is 11.4. The largest absolute Gasteiger partial charge is 0.352 e. The minimum Gasteiger partial charge on any atom is -0.352 e. The van der Waals surface area contributed by atoms with Crippen LogP contribution in [0.15, 0.2) is 48.5 Å². The molecule has 3 aromatic rings. The van der Waals surface area contributed by atoms with Gasteiger partial charge >= 0.3 is 0 Å². The van der Waals surface area contributed by atoms with E-state index in [4.69, 9.17) is 0 Å². The number of fused-ring (bicyclic) bond motifs is 3. The fourth-order valence-electron chi connectivity index (χ4n) is 2.76. The van der Waals surface area contributed by atoms with Gasteiger partial charge in [0.2, 0.25) is 0 Å². The zero-order valence-electron chi connectivity index (χ0n) is 11.6. The molecule has 2 heteroatoms. The van der Waals surface area contributed by atoms with Gasteiger partial charge in [0.1, 0.15) is 0 Å². The van der Waals surface area contributed by atoms with Gasteiger partial charge in [-0.05, 0) is 60.0 Å². The fourth-order valence-corrected chi connectivity index (χ4v) is 2.76. The Balaban J connectivity index is 1.89. The summed E-state index contributed by atoms with van der Waals surface area (Å²) in [6, 6.07) is 17.3. The van der Waals surface area contributed by atoms with E-state index in [1.165, 1.54) is 21.9 Å². The quantitative estimate of drug-likeness (QED) is 0.451. The Hall–Kier alpha value is -2.48. The molecule has 2 nitrogen and oxygen atoms in total. The second kappa shape index (κ2) is 4.01. The van der Waals surface area contributed by atoms with Crippen LogP contribution in [0, 0.1) is 13.8 Å². The van der Waals surface area contributed by atoms with E-state index in [1.807, 2.05) is 0 Å². The van der Waals surface area contributed by atoms with Crippen molar-refractivity contribution in [1.82, 2.24) is 0 Å². The summed E-state index contributed by atoms with van der Waals surface area (Å²) in [4.78, 5) is 0. The Morgan fingerprint density at radius 1 is 0.600 bits per heavy atom. The van der Waals surface area contributed by atoms with Crippen LogP contribution in [0.1, 0.15) is 11.1 Å². The number of anilines is 4. The van der Waals surface area contributed by atoms with Gasteiger partial charge in [0, 0.05) is 0 Å². The first-order valence-electron chi connectivity index (χ1n) is 6.89. The number of nitrogens with one attached hydrogen (secondary N) is 2. The van der Waals surface area contributed by atoms with Crippen LogP contribution in [-0.2, 0) is 0 Å². The summed E-state index contributed by atoms with van der Waals surface area (Å²) in [6.45, 7) is 4.29. The lowest BCUT2D eigenvalue weighted by molar-refractivity contribution is 1.32. The number of rotatable bonds is 0. The summed E-state index contributed by atoms with van der Waals surface area (Å²) in [6.07, 6.45) is 0. The smallest absolute Gasteiger partial charge is 0.0630 e. The molecule has 4 rings (SSSR count). The highest BCUT2D eigenvalue weighted by molar-refractivity contribution is 5.99. The molecular formula is C18H16N2. The lowest BCUT2D eigenvalue weighted by atomic mass is 10.0. The highest BCUT2D eigenvalue weighted by Gasteiger charge is 2.15. The van der Waals surface area contributed by atoms with E-state index in [0.717, 1.165) is 22.7 Å². The van der Waals surface area contributed by atoms with Gasteiger partial charge in [0.05, 0.1) is 22.7 Å². The Bertz CT molecular complexity index is 765. The van der Waals surface area contributed by atoms with Crippen molar-refractivity contribution in [2.45, 2.75) is 13.8 Å². The van der Waals surface area contributed by atoms with Gasteiger partial charge in [-0.1, -0.05) is 24.3 Å². The fraction of sp³-hybridized carbons (Fsp3) is 0.111. The number of benzene rings is 3. The Morgan fingerprint density at radius 2 is 1.00 bits per heavy atom. The molecule has 0 aromatic heterocycles. The first-order valence-corrected chi connectivity index (χ1v) is 6.89. The van der Waals surface area contributed by atoms with Crippen molar-refractivity contribution in [2.75, 3.05) is 10.6 Å². The average Bonchev–Trinajstić information content (AvgIpc) is 2.44. The van der Waals surface area contributed by atoms with Crippen LogP contribution < -0.4 is 10.6 Å². The second-order valence-electron chi connectivity index (χ2n) is 5.48. The molecule has 0 unspecified atom stereocenters. The van der Waals surface area contributed by atoms with Crippen molar-refractivity contribution < 1.29 is 0 Å². The van der Waals surface area contributed by atoms with E-state index >= 15 is 0 Å². The van der Waals surface area contributed by atoms with E-state index in [1.54, 1.807) is 0 Å². The SMILES string of the molecule is Cc1cc2c(cc1C)Nc1cc3ccccc3cc1N2. The molecule has 20 heavy (non-hydrogen) atoms. The normalized spacial score (nSPS) is 12.3. The molecule has 0 saturated carbocycles. The van der Waals surface area contributed by atoms with Gasteiger partial charge in [-0.2, -0.15) is 0 Å². The monoisotopic (exact) mass is 260 g/mol. The standard InChI is InChI=1S/C18H16N2/c1-11-7-15-16(8-12(11)2)20-18-10-14-6-4-3-5-13(14)9-17(18)19-15/h3-10,19-20H,1-2H3. The molecule has 0 amide bonds. The number of hydrogen-bond donors (Lipinski definition) is 2. The molecule has 1 aliphatic rings. The molecule has 1 aliphatic heterocycles. The Morgan fingerprint density at radius 3 is 1.45 bits per heavy atom. The molecule has 0 aliphatic carbocycles. The summed E-state index contributed by atoms with van der Waals surface area (Å²) >= 11 is 0. The third-order valence-corrected chi connectivity index (χ3v) is 4.06. The summed E-state index contributed by atoms with van der Waals surface area (Å²) in [5, 5.41) is 9.59. The van der Waals surface area contributed by atoms with Gasteiger partial charge in [0.25, 0.3) is 0 Å². The summed E-state index contributed by atoms with van der Waals surface area (Å²) < 4.78 is 0. The van der Waals surface area contributed by atoms with E-state index in [0.29, 0.717) is 0 Å². The molecule has 3 aromatic carbocycles. The summed E-state index contributed by atoms with van der Waals surface area (Å²) in [7, 11) is 0. The Labute approximate surface area is 118 Å². The van der Waals surface area contributed by atoms with E-state index in [2.05, 4.69) is 73.0 Å². The van der Waals surface area contributed by atoms with Crippen molar-refractivity contribution in [3.05, 3.63) is 59.7 Å². The first-order chi connectivity index (χ1) is 9.70. The topological polar surface area (TPSA) is 24.1 Å². The number of aryl methyl sites for hydroxylation is 2. The van der Waals surface area contributed by atoms with Crippen LogP contribution >= 0.6 is 0 Å². The maximum absolute atomic E-state index is 3.54. The maximum Gasteiger partial charge on any atom is 0.0630 e.